The van der Waals surface area contributed by atoms with Crippen molar-refractivity contribution in [2.45, 2.75) is 39.3 Å². The SMILES string of the molecule is CCOc1ccc(OC(C)CC(C)NC)cc1. The molecule has 3 heteroatoms. The Morgan fingerprint density at radius 2 is 1.71 bits per heavy atom. The molecule has 2 atom stereocenters. The fraction of sp³-hybridized carbons (Fsp3) is 0.571. The zero-order valence-electron chi connectivity index (χ0n) is 11.2. The quantitative estimate of drug-likeness (QED) is 0.791. The van der Waals surface area contributed by atoms with Crippen LogP contribution >= 0.6 is 0 Å². The molecule has 0 bridgehead atoms. The van der Waals surface area contributed by atoms with Crippen LogP contribution in [-0.2, 0) is 0 Å². The number of hydrogen-bond acceptors (Lipinski definition) is 3. The van der Waals surface area contributed by atoms with E-state index in [-0.39, 0.29) is 6.10 Å². The summed E-state index contributed by atoms with van der Waals surface area (Å²) in [5.41, 5.74) is 0. The van der Waals surface area contributed by atoms with E-state index < -0.39 is 0 Å². The molecule has 0 fully saturated rings. The number of ether oxygens (including phenoxy) is 2. The Balaban J connectivity index is 2.45. The molecule has 1 aromatic carbocycles. The predicted octanol–water partition coefficient (Wildman–Crippen LogP) is 2.85. The Hall–Kier alpha value is -1.22. The maximum atomic E-state index is 5.82. The average molecular weight is 237 g/mol. The predicted molar refractivity (Wildman–Crippen MR) is 70.8 cm³/mol. The Labute approximate surface area is 104 Å². The van der Waals surface area contributed by atoms with E-state index in [9.17, 15) is 0 Å². The number of nitrogens with one attached hydrogen (secondary N) is 1. The average Bonchev–Trinajstić information content (AvgIpc) is 2.31. The van der Waals surface area contributed by atoms with Gasteiger partial charge >= 0.3 is 0 Å². The monoisotopic (exact) mass is 237 g/mol. The topological polar surface area (TPSA) is 30.5 Å². The maximum absolute atomic E-state index is 5.82. The van der Waals surface area contributed by atoms with E-state index >= 15 is 0 Å². The van der Waals surface area contributed by atoms with Crippen molar-refractivity contribution >= 4 is 0 Å². The van der Waals surface area contributed by atoms with Crippen LogP contribution in [0.25, 0.3) is 0 Å². The summed E-state index contributed by atoms with van der Waals surface area (Å²) >= 11 is 0. The first kappa shape index (κ1) is 13.8. The number of rotatable bonds is 7. The molecule has 2 unspecified atom stereocenters. The van der Waals surface area contributed by atoms with E-state index in [2.05, 4.69) is 19.2 Å². The second kappa shape index (κ2) is 7.17. The van der Waals surface area contributed by atoms with Crippen molar-refractivity contribution in [2.75, 3.05) is 13.7 Å². The molecule has 0 aliphatic carbocycles. The van der Waals surface area contributed by atoms with Gasteiger partial charge in [0, 0.05) is 6.04 Å². The van der Waals surface area contributed by atoms with Crippen molar-refractivity contribution < 1.29 is 9.47 Å². The first-order valence-corrected chi connectivity index (χ1v) is 6.22. The molecule has 17 heavy (non-hydrogen) atoms. The van der Waals surface area contributed by atoms with Crippen LogP contribution in [0.4, 0.5) is 0 Å². The largest absolute Gasteiger partial charge is 0.494 e. The van der Waals surface area contributed by atoms with Crippen molar-refractivity contribution in [1.29, 1.82) is 0 Å². The zero-order valence-corrected chi connectivity index (χ0v) is 11.2. The van der Waals surface area contributed by atoms with Gasteiger partial charge in [-0.1, -0.05) is 0 Å². The van der Waals surface area contributed by atoms with Crippen LogP contribution < -0.4 is 14.8 Å². The lowest BCUT2D eigenvalue weighted by atomic mass is 10.1. The number of benzene rings is 1. The second-order valence-electron chi connectivity index (χ2n) is 4.26. The van der Waals surface area contributed by atoms with Crippen LogP contribution in [0.1, 0.15) is 27.2 Å². The summed E-state index contributed by atoms with van der Waals surface area (Å²) in [4.78, 5) is 0. The van der Waals surface area contributed by atoms with Gasteiger partial charge in [-0.2, -0.15) is 0 Å². The highest BCUT2D eigenvalue weighted by Gasteiger charge is 2.08. The third-order valence-electron chi connectivity index (χ3n) is 2.65. The molecular weight excluding hydrogens is 214 g/mol. The normalized spacial score (nSPS) is 14.1. The fourth-order valence-corrected chi connectivity index (χ4v) is 1.68. The highest BCUT2D eigenvalue weighted by atomic mass is 16.5. The van der Waals surface area contributed by atoms with Gasteiger partial charge in [0.15, 0.2) is 0 Å². The summed E-state index contributed by atoms with van der Waals surface area (Å²) in [6.07, 6.45) is 1.19. The van der Waals surface area contributed by atoms with Gasteiger partial charge in [-0.15, -0.1) is 0 Å². The van der Waals surface area contributed by atoms with Crippen LogP contribution in [0.15, 0.2) is 24.3 Å². The molecule has 0 aliphatic rings. The zero-order chi connectivity index (χ0) is 12.7. The van der Waals surface area contributed by atoms with Crippen molar-refractivity contribution in [3.05, 3.63) is 24.3 Å². The lowest BCUT2D eigenvalue weighted by Crippen LogP contribution is -2.28. The molecule has 1 N–H and O–H groups in total. The molecule has 0 spiro atoms. The van der Waals surface area contributed by atoms with E-state index in [1.807, 2.05) is 38.2 Å². The minimum absolute atomic E-state index is 0.204. The van der Waals surface area contributed by atoms with E-state index in [0.29, 0.717) is 12.6 Å². The molecule has 0 aliphatic heterocycles. The minimum atomic E-state index is 0.204. The Kier molecular flexibility index (Phi) is 5.84. The third-order valence-corrected chi connectivity index (χ3v) is 2.65. The molecule has 3 nitrogen and oxygen atoms in total. The smallest absolute Gasteiger partial charge is 0.119 e. The van der Waals surface area contributed by atoms with Crippen molar-refractivity contribution in [3.8, 4) is 11.5 Å². The minimum Gasteiger partial charge on any atom is -0.494 e. The molecule has 96 valence electrons. The van der Waals surface area contributed by atoms with Gasteiger partial charge in [-0.05, 0) is 58.5 Å². The van der Waals surface area contributed by atoms with Gasteiger partial charge in [-0.3, -0.25) is 0 Å². The molecule has 1 rings (SSSR count). The van der Waals surface area contributed by atoms with Gasteiger partial charge in [0.2, 0.25) is 0 Å². The highest BCUT2D eigenvalue weighted by Crippen LogP contribution is 2.19. The third kappa shape index (κ3) is 5.09. The molecular formula is C14H23NO2. The molecule has 0 heterocycles. The van der Waals surface area contributed by atoms with E-state index in [1.54, 1.807) is 0 Å². The standard InChI is InChI=1S/C14H23NO2/c1-5-16-13-6-8-14(9-7-13)17-12(3)10-11(2)15-4/h6-9,11-12,15H,5,10H2,1-4H3. The Bertz CT molecular complexity index is 311. The van der Waals surface area contributed by atoms with Gasteiger partial charge < -0.3 is 14.8 Å². The summed E-state index contributed by atoms with van der Waals surface area (Å²) < 4.78 is 11.2. The van der Waals surface area contributed by atoms with Crippen molar-refractivity contribution in [2.24, 2.45) is 0 Å². The maximum Gasteiger partial charge on any atom is 0.119 e. The Morgan fingerprint density at radius 3 is 2.24 bits per heavy atom. The van der Waals surface area contributed by atoms with Crippen LogP contribution in [0, 0.1) is 0 Å². The second-order valence-corrected chi connectivity index (χ2v) is 4.26. The molecule has 0 saturated heterocycles. The fourth-order valence-electron chi connectivity index (χ4n) is 1.68. The lowest BCUT2D eigenvalue weighted by molar-refractivity contribution is 0.197. The van der Waals surface area contributed by atoms with Crippen molar-refractivity contribution in [1.82, 2.24) is 5.32 Å². The molecule has 1 aromatic rings. The Morgan fingerprint density at radius 1 is 1.12 bits per heavy atom. The van der Waals surface area contributed by atoms with Crippen LogP contribution in [0.5, 0.6) is 11.5 Å². The van der Waals surface area contributed by atoms with Crippen LogP contribution in [0.3, 0.4) is 0 Å². The van der Waals surface area contributed by atoms with Crippen molar-refractivity contribution in [3.63, 3.8) is 0 Å². The summed E-state index contributed by atoms with van der Waals surface area (Å²) in [5, 5.41) is 3.21. The molecule has 0 aromatic heterocycles. The molecule has 0 saturated carbocycles. The molecule has 0 amide bonds. The van der Waals surface area contributed by atoms with E-state index in [0.717, 1.165) is 17.9 Å². The van der Waals surface area contributed by atoms with Crippen LogP contribution in [0.2, 0.25) is 0 Å². The van der Waals surface area contributed by atoms with Gasteiger partial charge in [-0.25, -0.2) is 0 Å². The summed E-state index contributed by atoms with van der Waals surface area (Å²) in [6, 6.07) is 8.24. The van der Waals surface area contributed by atoms with Crippen LogP contribution in [-0.4, -0.2) is 25.8 Å². The van der Waals surface area contributed by atoms with E-state index in [4.69, 9.17) is 9.47 Å². The van der Waals surface area contributed by atoms with Gasteiger partial charge in [0.05, 0.1) is 12.7 Å². The van der Waals surface area contributed by atoms with E-state index in [1.165, 1.54) is 0 Å². The van der Waals surface area contributed by atoms with Gasteiger partial charge in [0.25, 0.3) is 0 Å². The lowest BCUT2D eigenvalue weighted by Gasteiger charge is -2.18. The highest BCUT2D eigenvalue weighted by molar-refractivity contribution is 5.31. The summed E-state index contributed by atoms with van der Waals surface area (Å²) in [6.45, 7) is 6.91. The first-order chi connectivity index (χ1) is 8.15. The first-order valence-electron chi connectivity index (χ1n) is 6.22. The summed E-state index contributed by atoms with van der Waals surface area (Å²) in [7, 11) is 1.97. The molecule has 0 radical (unpaired) electrons. The number of hydrogen-bond donors (Lipinski definition) is 1. The summed E-state index contributed by atoms with van der Waals surface area (Å²) in [5.74, 6) is 1.78. The van der Waals surface area contributed by atoms with Gasteiger partial charge in [0.1, 0.15) is 11.5 Å².